The fourth-order valence-electron chi connectivity index (χ4n) is 2.61. The second-order valence-corrected chi connectivity index (χ2v) is 7.64. The molecule has 1 heterocycles. The van der Waals surface area contributed by atoms with Crippen LogP contribution in [0.5, 0.6) is 17.2 Å². The molecule has 0 saturated heterocycles. The highest BCUT2D eigenvalue weighted by atomic mass is 32.2. The Bertz CT molecular complexity index is 974. The molecule has 0 aliphatic carbocycles. The van der Waals surface area contributed by atoms with E-state index in [1.165, 1.54) is 18.2 Å². The number of amides is 1. The van der Waals surface area contributed by atoms with Crippen LogP contribution in [0.2, 0.25) is 0 Å². The lowest BCUT2D eigenvalue weighted by Crippen LogP contribution is -2.17. The summed E-state index contributed by atoms with van der Waals surface area (Å²) in [6, 6.07) is 9.14. The van der Waals surface area contributed by atoms with Gasteiger partial charge in [-0.15, -0.1) is 0 Å². The molecule has 0 saturated carbocycles. The van der Waals surface area contributed by atoms with Crippen molar-refractivity contribution in [2.75, 3.05) is 29.9 Å². The molecule has 8 nitrogen and oxygen atoms in total. The Kier molecular flexibility index (Phi) is 5.93. The zero-order valence-electron chi connectivity index (χ0n) is 15.7. The number of fused-ring (bicyclic) bond motifs is 1. The average Bonchev–Trinajstić information content (AvgIpc) is 2.69. The molecule has 1 aliphatic heterocycles. The quantitative estimate of drug-likeness (QED) is 0.733. The van der Waals surface area contributed by atoms with Crippen molar-refractivity contribution in [2.24, 2.45) is 0 Å². The Morgan fingerprint density at radius 2 is 1.82 bits per heavy atom. The number of benzene rings is 2. The van der Waals surface area contributed by atoms with Crippen LogP contribution in [0.1, 0.15) is 20.3 Å². The summed E-state index contributed by atoms with van der Waals surface area (Å²) >= 11 is 0. The fourth-order valence-corrected chi connectivity index (χ4v) is 3.69. The van der Waals surface area contributed by atoms with Crippen LogP contribution in [0.3, 0.4) is 0 Å². The highest BCUT2D eigenvalue weighted by molar-refractivity contribution is 7.92. The van der Waals surface area contributed by atoms with Crippen molar-refractivity contribution in [3.05, 3.63) is 36.4 Å². The van der Waals surface area contributed by atoms with Gasteiger partial charge in [0.25, 0.3) is 10.0 Å². The van der Waals surface area contributed by atoms with Gasteiger partial charge in [0.15, 0.2) is 11.5 Å². The number of rotatable bonds is 7. The molecule has 0 bridgehead atoms. The number of anilines is 2. The van der Waals surface area contributed by atoms with E-state index in [4.69, 9.17) is 14.2 Å². The minimum Gasteiger partial charge on any atom is -0.492 e. The first-order valence-electron chi connectivity index (χ1n) is 8.92. The summed E-state index contributed by atoms with van der Waals surface area (Å²) in [6.07, 6.45) is 0.262. The zero-order valence-corrected chi connectivity index (χ0v) is 16.5. The summed E-state index contributed by atoms with van der Waals surface area (Å²) in [4.78, 5) is 11.8. The van der Waals surface area contributed by atoms with E-state index >= 15 is 0 Å². The van der Waals surface area contributed by atoms with Gasteiger partial charge in [-0.1, -0.05) is 6.92 Å². The maximum absolute atomic E-state index is 12.8. The lowest BCUT2D eigenvalue weighted by atomic mass is 10.2. The molecule has 0 radical (unpaired) electrons. The lowest BCUT2D eigenvalue weighted by molar-refractivity contribution is -0.115. The zero-order chi connectivity index (χ0) is 20.1. The average molecular weight is 406 g/mol. The first-order valence-corrected chi connectivity index (χ1v) is 10.4. The molecule has 3 rings (SSSR count). The van der Waals surface area contributed by atoms with E-state index in [-0.39, 0.29) is 17.2 Å². The predicted molar refractivity (Wildman–Crippen MR) is 105 cm³/mol. The molecule has 1 amide bonds. The number of sulfonamides is 1. The molecule has 28 heavy (non-hydrogen) atoms. The number of nitrogens with one attached hydrogen (secondary N) is 2. The predicted octanol–water partition coefficient (Wildman–Crippen LogP) is 3.01. The molecule has 150 valence electrons. The van der Waals surface area contributed by atoms with Crippen LogP contribution >= 0.6 is 0 Å². The highest BCUT2D eigenvalue weighted by Gasteiger charge is 2.19. The molecule has 0 atom stereocenters. The second kappa shape index (κ2) is 8.39. The Morgan fingerprint density at radius 3 is 2.54 bits per heavy atom. The fraction of sp³-hybridized carbons (Fsp3) is 0.316. The van der Waals surface area contributed by atoms with Gasteiger partial charge in [-0.25, -0.2) is 8.42 Å². The van der Waals surface area contributed by atoms with Crippen LogP contribution in [-0.2, 0) is 14.8 Å². The van der Waals surface area contributed by atoms with Gasteiger partial charge in [0, 0.05) is 12.5 Å². The minimum absolute atomic E-state index is 0.00255. The van der Waals surface area contributed by atoms with Gasteiger partial charge in [-0.05, 0) is 37.3 Å². The molecule has 9 heteroatoms. The monoisotopic (exact) mass is 406 g/mol. The van der Waals surface area contributed by atoms with Crippen LogP contribution in [0, 0.1) is 0 Å². The first kappa shape index (κ1) is 19.8. The molecule has 0 fully saturated rings. The Labute approximate surface area is 163 Å². The van der Waals surface area contributed by atoms with Gasteiger partial charge in [-0.2, -0.15) is 0 Å². The lowest BCUT2D eigenvalue weighted by Gasteiger charge is -2.19. The Balaban J connectivity index is 1.88. The van der Waals surface area contributed by atoms with Crippen LogP contribution in [0.4, 0.5) is 11.4 Å². The van der Waals surface area contributed by atoms with Crippen molar-refractivity contribution in [1.29, 1.82) is 0 Å². The molecular formula is C19H22N2O6S. The van der Waals surface area contributed by atoms with Crippen LogP contribution in [-0.4, -0.2) is 34.1 Å². The molecule has 0 unspecified atom stereocenters. The normalized spacial score (nSPS) is 12.9. The summed E-state index contributed by atoms with van der Waals surface area (Å²) in [7, 11) is -3.89. The Hall–Kier alpha value is -2.94. The summed E-state index contributed by atoms with van der Waals surface area (Å²) in [5.74, 6) is 1.21. The topological polar surface area (TPSA) is 103 Å². The standard InChI is InChI=1S/C19H22N2O6S/c1-3-19(22)20-15-12-14(6-8-16(15)25-4-2)28(23,24)21-13-5-7-17-18(11-13)27-10-9-26-17/h5-8,11-12,21H,3-4,9-10H2,1-2H3,(H,20,22). The van der Waals surface area contributed by atoms with E-state index in [2.05, 4.69) is 10.0 Å². The van der Waals surface area contributed by atoms with Gasteiger partial charge < -0.3 is 19.5 Å². The molecule has 2 aromatic rings. The number of carbonyl (C=O) groups excluding carboxylic acids is 1. The van der Waals surface area contributed by atoms with E-state index in [0.29, 0.717) is 48.4 Å². The third kappa shape index (κ3) is 4.48. The van der Waals surface area contributed by atoms with Gasteiger partial charge in [0.2, 0.25) is 5.91 Å². The van der Waals surface area contributed by atoms with E-state index in [9.17, 15) is 13.2 Å². The van der Waals surface area contributed by atoms with Crippen molar-refractivity contribution in [3.8, 4) is 17.2 Å². The largest absolute Gasteiger partial charge is 0.492 e. The molecule has 0 spiro atoms. The maximum Gasteiger partial charge on any atom is 0.261 e. The number of carbonyl (C=O) groups is 1. The Morgan fingerprint density at radius 1 is 1.07 bits per heavy atom. The van der Waals surface area contributed by atoms with Crippen LogP contribution in [0.25, 0.3) is 0 Å². The van der Waals surface area contributed by atoms with Gasteiger partial charge in [0.05, 0.1) is 22.9 Å². The molecule has 0 aromatic heterocycles. The molecule has 2 aromatic carbocycles. The van der Waals surface area contributed by atoms with Crippen LogP contribution in [0.15, 0.2) is 41.3 Å². The number of ether oxygens (including phenoxy) is 3. The molecular weight excluding hydrogens is 384 g/mol. The van der Waals surface area contributed by atoms with Crippen molar-refractivity contribution < 1.29 is 27.4 Å². The van der Waals surface area contributed by atoms with Gasteiger partial charge in [-0.3, -0.25) is 9.52 Å². The SMILES string of the molecule is CCOc1ccc(S(=O)(=O)Nc2ccc3c(c2)OCCO3)cc1NC(=O)CC. The van der Waals surface area contributed by atoms with E-state index < -0.39 is 10.0 Å². The van der Waals surface area contributed by atoms with Crippen molar-refractivity contribution in [2.45, 2.75) is 25.2 Å². The van der Waals surface area contributed by atoms with E-state index in [1.54, 1.807) is 32.0 Å². The molecule has 2 N–H and O–H groups in total. The third-order valence-electron chi connectivity index (χ3n) is 3.95. The van der Waals surface area contributed by atoms with E-state index in [0.717, 1.165) is 0 Å². The summed E-state index contributed by atoms with van der Waals surface area (Å²) in [5.41, 5.74) is 0.649. The van der Waals surface area contributed by atoms with Crippen LogP contribution < -0.4 is 24.2 Å². The van der Waals surface area contributed by atoms with Gasteiger partial charge in [0.1, 0.15) is 19.0 Å². The number of hydrogen-bond donors (Lipinski definition) is 2. The highest BCUT2D eigenvalue weighted by Crippen LogP contribution is 2.34. The number of hydrogen-bond acceptors (Lipinski definition) is 6. The second-order valence-electron chi connectivity index (χ2n) is 5.96. The third-order valence-corrected chi connectivity index (χ3v) is 5.33. The summed E-state index contributed by atoms with van der Waals surface area (Å²) in [5, 5.41) is 2.67. The van der Waals surface area contributed by atoms with Crippen molar-refractivity contribution in [1.82, 2.24) is 0 Å². The van der Waals surface area contributed by atoms with Crippen molar-refractivity contribution >= 4 is 27.3 Å². The summed E-state index contributed by atoms with van der Waals surface area (Å²) < 4.78 is 44.5. The summed E-state index contributed by atoms with van der Waals surface area (Å²) in [6.45, 7) is 4.76. The molecule has 1 aliphatic rings. The maximum atomic E-state index is 12.8. The van der Waals surface area contributed by atoms with Crippen molar-refractivity contribution in [3.63, 3.8) is 0 Å². The minimum atomic E-state index is -3.89. The van der Waals surface area contributed by atoms with E-state index in [1.807, 2.05) is 0 Å². The van der Waals surface area contributed by atoms with Gasteiger partial charge >= 0.3 is 0 Å². The first-order chi connectivity index (χ1) is 13.4. The smallest absolute Gasteiger partial charge is 0.261 e.